The van der Waals surface area contributed by atoms with Gasteiger partial charge in [0.2, 0.25) is 0 Å². The molecule has 2 aromatic rings. The summed E-state index contributed by atoms with van der Waals surface area (Å²) >= 11 is 0. The van der Waals surface area contributed by atoms with E-state index in [0.29, 0.717) is 0 Å². The van der Waals surface area contributed by atoms with Gasteiger partial charge < -0.3 is 5.32 Å². The van der Waals surface area contributed by atoms with Gasteiger partial charge in [-0.15, -0.1) is 0 Å². The second-order valence-electron chi connectivity index (χ2n) is 5.19. The van der Waals surface area contributed by atoms with E-state index in [1.54, 1.807) is 0 Å². The summed E-state index contributed by atoms with van der Waals surface area (Å²) < 4.78 is 0. The van der Waals surface area contributed by atoms with E-state index >= 15 is 0 Å². The van der Waals surface area contributed by atoms with Crippen LogP contribution in [-0.2, 0) is 0 Å². The van der Waals surface area contributed by atoms with E-state index in [4.69, 9.17) is 0 Å². The Morgan fingerprint density at radius 1 is 1.00 bits per heavy atom. The Labute approximate surface area is 115 Å². The van der Waals surface area contributed by atoms with Crippen molar-refractivity contribution in [3.63, 3.8) is 0 Å². The molecule has 0 saturated heterocycles. The summed E-state index contributed by atoms with van der Waals surface area (Å²) in [5.41, 5.74) is 7.45. The lowest BCUT2D eigenvalue weighted by molar-refractivity contribution is 0.683. The highest BCUT2D eigenvalue weighted by Crippen LogP contribution is 2.26. The van der Waals surface area contributed by atoms with E-state index in [1.807, 2.05) is 20.9 Å². The number of aryl methyl sites for hydroxylation is 3. The summed E-state index contributed by atoms with van der Waals surface area (Å²) in [6.07, 6.45) is 0. The third kappa shape index (κ3) is 2.85. The Hall–Kier alpha value is -1.67. The predicted octanol–water partition coefficient (Wildman–Crippen LogP) is 3.62. The molecule has 0 aliphatic carbocycles. The molecule has 1 aromatic heterocycles. The molecule has 0 aliphatic rings. The Morgan fingerprint density at radius 3 is 2.21 bits per heavy atom. The van der Waals surface area contributed by atoms with Crippen LogP contribution in [0.15, 0.2) is 30.3 Å². The molecule has 100 valence electrons. The smallest absolute Gasteiger partial charge is 0.0578 e. The monoisotopic (exact) mass is 254 g/mol. The van der Waals surface area contributed by atoms with Crippen LogP contribution >= 0.6 is 0 Å². The number of hydrogen-bond donors (Lipinski definition) is 1. The van der Waals surface area contributed by atoms with Gasteiger partial charge in [0, 0.05) is 11.4 Å². The molecule has 1 unspecified atom stereocenters. The van der Waals surface area contributed by atoms with Gasteiger partial charge in [0.25, 0.3) is 0 Å². The van der Waals surface area contributed by atoms with Crippen LogP contribution in [0.25, 0.3) is 0 Å². The Balaban J connectivity index is 2.53. The minimum absolute atomic E-state index is 0.222. The first kappa shape index (κ1) is 13.8. The molecule has 19 heavy (non-hydrogen) atoms. The molecule has 2 heteroatoms. The molecule has 0 radical (unpaired) electrons. The van der Waals surface area contributed by atoms with Crippen LogP contribution in [0.1, 0.15) is 39.7 Å². The molecule has 1 heterocycles. The van der Waals surface area contributed by atoms with Crippen molar-refractivity contribution in [1.82, 2.24) is 10.3 Å². The zero-order chi connectivity index (χ0) is 14.0. The van der Waals surface area contributed by atoms with E-state index in [1.165, 1.54) is 22.3 Å². The van der Waals surface area contributed by atoms with Gasteiger partial charge in [0.1, 0.15) is 0 Å². The van der Waals surface area contributed by atoms with E-state index in [2.05, 4.69) is 54.5 Å². The predicted molar refractivity (Wildman–Crippen MR) is 80.5 cm³/mol. The largest absolute Gasteiger partial charge is 0.309 e. The van der Waals surface area contributed by atoms with Gasteiger partial charge in [-0.2, -0.15) is 0 Å². The van der Waals surface area contributed by atoms with E-state index in [9.17, 15) is 0 Å². The van der Waals surface area contributed by atoms with Gasteiger partial charge in [-0.25, -0.2) is 0 Å². The first-order valence-electron chi connectivity index (χ1n) is 6.71. The zero-order valence-electron chi connectivity index (χ0n) is 12.4. The maximum absolute atomic E-state index is 4.46. The van der Waals surface area contributed by atoms with Crippen molar-refractivity contribution in [2.24, 2.45) is 0 Å². The quantitative estimate of drug-likeness (QED) is 0.905. The minimum Gasteiger partial charge on any atom is -0.309 e. The normalized spacial score (nSPS) is 12.5. The zero-order valence-corrected chi connectivity index (χ0v) is 12.4. The second-order valence-corrected chi connectivity index (χ2v) is 5.19. The lowest BCUT2D eigenvalue weighted by Gasteiger charge is -2.21. The van der Waals surface area contributed by atoms with Crippen LogP contribution in [0.4, 0.5) is 0 Å². The summed E-state index contributed by atoms with van der Waals surface area (Å²) in [5, 5.41) is 3.43. The van der Waals surface area contributed by atoms with Crippen LogP contribution < -0.4 is 5.32 Å². The van der Waals surface area contributed by atoms with Crippen LogP contribution in [-0.4, -0.2) is 12.0 Å². The molecular formula is C17H22N2. The molecule has 0 fully saturated rings. The fourth-order valence-corrected chi connectivity index (χ4v) is 2.62. The number of pyridine rings is 1. The van der Waals surface area contributed by atoms with Gasteiger partial charge in [0.05, 0.1) is 6.04 Å². The average molecular weight is 254 g/mol. The molecule has 0 aliphatic heterocycles. The van der Waals surface area contributed by atoms with Crippen molar-refractivity contribution >= 4 is 0 Å². The van der Waals surface area contributed by atoms with Crippen molar-refractivity contribution in [2.75, 3.05) is 7.05 Å². The van der Waals surface area contributed by atoms with E-state index in [-0.39, 0.29) is 6.04 Å². The fraction of sp³-hybridized carbons (Fsp3) is 0.353. The first-order chi connectivity index (χ1) is 9.02. The van der Waals surface area contributed by atoms with Crippen molar-refractivity contribution in [1.29, 1.82) is 0 Å². The third-order valence-electron chi connectivity index (χ3n) is 3.68. The Bertz CT molecular complexity index is 568. The Morgan fingerprint density at radius 2 is 1.63 bits per heavy atom. The van der Waals surface area contributed by atoms with Gasteiger partial charge in [-0.3, -0.25) is 4.98 Å². The number of rotatable bonds is 3. The standard InChI is InChI=1S/C17H22N2/c1-11-7-6-8-16(14(11)4)17(18-5)15-9-12(2)19-13(3)10-15/h6-10,17-18H,1-5H3. The maximum atomic E-state index is 4.46. The lowest BCUT2D eigenvalue weighted by Crippen LogP contribution is -2.19. The molecule has 1 atom stereocenters. The first-order valence-corrected chi connectivity index (χ1v) is 6.71. The van der Waals surface area contributed by atoms with E-state index in [0.717, 1.165) is 11.4 Å². The molecular weight excluding hydrogens is 232 g/mol. The third-order valence-corrected chi connectivity index (χ3v) is 3.68. The maximum Gasteiger partial charge on any atom is 0.0578 e. The van der Waals surface area contributed by atoms with Crippen LogP contribution in [0, 0.1) is 27.7 Å². The van der Waals surface area contributed by atoms with Crippen LogP contribution in [0.5, 0.6) is 0 Å². The van der Waals surface area contributed by atoms with Gasteiger partial charge in [-0.1, -0.05) is 18.2 Å². The van der Waals surface area contributed by atoms with Gasteiger partial charge in [0.15, 0.2) is 0 Å². The highest BCUT2D eigenvalue weighted by molar-refractivity contribution is 5.41. The van der Waals surface area contributed by atoms with Crippen LogP contribution in [0.3, 0.4) is 0 Å². The number of hydrogen-bond acceptors (Lipinski definition) is 2. The highest BCUT2D eigenvalue weighted by atomic mass is 14.9. The average Bonchev–Trinajstić information content (AvgIpc) is 2.34. The number of nitrogens with one attached hydrogen (secondary N) is 1. The fourth-order valence-electron chi connectivity index (χ4n) is 2.62. The number of benzene rings is 1. The summed E-state index contributed by atoms with van der Waals surface area (Å²) in [4.78, 5) is 4.46. The number of nitrogens with zero attached hydrogens (tertiary/aromatic N) is 1. The van der Waals surface area contributed by atoms with Crippen molar-refractivity contribution in [3.05, 3.63) is 64.0 Å². The summed E-state index contributed by atoms with van der Waals surface area (Å²) in [5.74, 6) is 0. The topological polar surface area (TPSA) is 24.9 Å². The SMILES string of the molecule is CNC(c1cc(C)nc(C)c1)c1cccc(C)c1C. The van der Waals surface area contributed by atoms with Crippen molar-refractivity contribution < 1.29 is 0 Å². The van der Waals surface area contributed by atoms with Crippen molar-refractivity contribution in [2.45, 2.75) is 33.7 Å². The van der Waals surface area contributed by atoms with Gasteiger partial charge in [-0.05, 0) is 69.1 Å². The molecule has 0 bridgehead atoms. The molecule has 2 nitrogen and oxygen atoms in total. The molecule has 2 rings (SSSR count). The highest BCUT2D eigenvalue weighted by Gasteiger charge is 2.15. The minimum atomic E-state index is 0.222. The van der Waals surface area contributed by atoms with E-state index < -0.39 is 0 Å². The second kappa shape index (κ2) is 5.54. The molecule has 1 N–H and O–H groups in total. The lowest BCUT2D eigenvalue weighted by atomic mass is 9.92. The summed E-state index contributed by atoms with van der Waals surface area (Å²) in [6, 6.07) is 11.0. The van der Waals surface area contributed by atoms with Gasteiger partial charge >= 0.3 is 0 Å². The summed E-state index contributed by atoms with van der Waals surface area (Å²) in [6.45, 7) is 8.45. The van der Waals surface area contributed by atoms with Crippen LogP contribution in [0.2, 0.25) is 0 Å². The molecule has 1 aromatic carbocycles. The summed E-state index contributed by atoms with van der Waals surface area (Å²) in [7, 11) is 2.01. The Kier molecular flexibility index (Phi) is 4.01. The van der Waals surface area contributed by atoms with Crippen molar-refractivity contribution in [3.8, 4) is 0 Å². The molecule has 0 spiro atoms. The number of aromatic nitrogens is 1. The molecule has 0 saturated carbocycles. The molecule has 0 amide bonds.